The van der Waals surface area contributed by atoms with Crippen LogP contribution in [0, 0.1) is 0 Å². The average molecular weight is 401 g/mol. The molecule has 4 N–H and O–H groups in total. The van der Waals surface area contributed by atoms with Gasteiger partial charge in [-0.05, 0) is 24.3 Å². The predicted molar refractivity (Wildman–Crippen MR) is 114 cm³/mol. The van der Waals surface area contributed by atoms with E-state index in [2.05, 4.69) is 58.5 Å². The Bertz CT molecular complexity index is 1330. The van der Waals surface area contributed by atoms with Crippen LogP contribution in [0.3, 0.4) is 0 Å². The maximum absolute atomic E-state index is 5.45. The van der Waals surface area contributed by atoms with Crippen molar-refractivity contribution in [2.75, 3.05) is 36.5 Å². The van der Waals surface area contributed by atoms with Gasteiger partial charge in [-0.2, -0.15) is 5.10 Å². The highest BCUT2D eigenvalue weighted by Crippen LogP contribution is 2.30. The molecule has 6 rings (SSSR count). The number of hydrogen-bond donors (Lipinski definition) is 4. The second kappa shape index (κ2) is 6.85. The third kappa shape index (κ3) is 2.85. The maximum atomic E-state index is 5.45. The lowest BCUT2D eigenvalue weighted by molar-refractivity contribution is 0.122. The van der Waals surface area contributed by atoms with E-state index in [1.807, 2.05) is 12.3 Å². The molecular weight excluding hydrogens is 382 g/mol. The minimum Gasteiger partial charge on any atom is -0.378 e. The first-order chi connectivity index (χ1) is 14.8. The van der Waals surface area contributed by atoms with Gasteiger partial charge >= 0.3 is 0 Å². The molecule has 5 aromatic rings. The zero-order chi connectivity index (χ0) is 19.9. The van der Waals surface area contributed by atoms with Crippen LogP contribution < -0.4 is 10.2 Å². The number of morpholine rings is 1. The summed E-state index contributed by atoms with van der Waals surface area (Å²) in [6.45, 7) is 3.29. The quantitative estimate of drug-likeness (QED) is 0.365. The summed E-state index contributed by atoms with van der Waals surface area (Å²) in [4.78, 5) is 22.2. The fourth-order valence-electron chi connectivity index (χ4n) is 3.79. The first-order valence-electron chi connectivity index (χ1n) is 9.77. The summed E-state index contributed by atoms with van der Waals surface area (Å²) < 4.78 is 5.45. The van der Waals surface area contributed by atoms with Crippen molar-refractivity contribution in [3.63, 3.8) is 0 Å². The third-order valence-corrected chi connectivity index (χ3v) is 5.31. The lowest BCUT2D eigenvalue weighted by Crippen LogP contribution is -2.36. The zero-order valence-corrected chi connectivity index (χ0v) is 16.0. The molecule has 5 heterocycles. The number of nitrogens with zero attached hydrogens (tertiary/aromatic N) is 5. The van der Waals surface area contributed by atoms with Gasteiger partial charge in [0.25, 0.3) is 0 Å². The number of nitrogens with one attached hydrogen (secondary N) is 4. The van der Waals surface area contributed by atoms with Crippen LogP contribution >= 0.6 is 0 Å². The van der Waals surface area contributed by atoms with Crippen molar-refractivity contribution in [2.45, 2.75) is 0 Å². The Hall–Kier alpha value is -3.92. The number of rotatable bonds is 4. The van der Waals surface area contributed by atoms with Crippen molar-refractivity contribution in [3.05, 3.63) is 43.0 Å². The summed E-state index contributed by atoms with van der Waals surface area (Å²) in [6.07, 6.45) is 5.16. The van der Waals surface area contributed by atoms with Gasteiger partial charge in [0.2, 0.25) is 0 Å². The molecule has 1 aliphatic rings. The predicted octanol–water partition coefficient (Wildman–Crippen LogP) is 2.80. The number of ether oxygens (including phenoxy) is 1. The standard InChI is InChI=1S/C20H19N9O/c1-2-14-15(9-12(1)29-5-7-30-8-6-29)26-20(25-14)17-16(10-24-28-17)27-19-13-3-4-21-18(13)22-11-23-19/h1-4,9-11H,5-8H2,(H,24,28)(H,25,26)(H2,21,22,23,27). The third-order valence-electron chi connectivity index (χ3n) is 5.31. The first-order valence-corrected chi connectivity index (χ1v) is 9.77. The van der Waals surface area contributed by atoms with Crippen LogP contribution in [0.1, 0.15) is 0 Å². The second-order valence-electron chi connectivity index (χ2n) is 7.12. The Morgan fingerprint density at radius 2 is 2.03 bits per heavy atom. The largest absolute Gasteiger partial charge is 0.378 e. The topological polar surface area (TPSA) is 123 Å². The summed E-state index contributed by atoms with van der Waals surface area (Å²) >= 11 is 0. The van der Waals surface area contributed by atoms with E-state index in [4.69, 9.17) is 9.72 Å². The molecule has 10 nitrogen and oxygen atoms in total. The molecule has 30 heavy (non-hydrogen) atoms. The van der Waals surface area contributed by atoms with Gasteiger partial charge in [0.15, 0.2) is 11.5 Å². The molecule has 0 bridgehead atoms. The molecule has 0 spiro atoms. The first kappa shape index (κ1) is 17.0. The lowest BCUT2D eigenvalue weighted by atomic mass is 10.2. The van der Waals surface area contributed by atoms with Gasteiger partial charge in [-0.1, -0.05) is 0 Å². The van der Waals surface area contributed by atoms with Gasteiger partial charge in [-0.25, -0.2) is 15.0 Å². The van der Waals surface area contributed by atoms with Gasteiger partial charge in [-0.15, -0.1) is 0 Å². The molecule has 0 atom stereocenters. The molecule has 150 valence electrons. The molecule has 4 aromatic heterocycles. The molecular formula is C20H19N9O. The van der Waals surface area contributed by atoms with Crippen LogP contribution in [0.2, 0.25) is 0 Å². The van der Waals surface area contributed by atoms with Crippen LogP contribution in [0.15, 0.2) is 43.0 Å². The normalized spacial score (nSPS) is 14.6. The summed E-state index contributed by atoms with van der Waals surface area (Å²) in [5.74, 6) is 1.39. The van der Waals surface area contributed by atoms with E-state index in [1.165, 1.54) is 6.33 Å². The Kier molecular flexibility index (Phi) is 3.88. The van der Waals surface area contributed by atoms with E-state index in [0.717, 1.165) is 59.7 Å². The molecule has 0 radical (unpaired) electrons. The van der Waals surface area contributed by atoms with E-state index >= 15 is 0 Å². The summed E-state index contributed by atoms with van der Waals surface area (Å²) in [6, 6.07) is 8.22. The maximum Gasteiger partial charge on any atom is 0.161 e. The van der Waals surface area contributed by atoms with Crippen molar-refractivity contribution in [3.8, 4) is 11.5 Å². The Morgan fingerprint density at radius 3 is 2.97 bits per heavy atom. The number of H-pyrrole nitrogens is 3. The van der Waals surface area contributed by atoms with Crippen molar-refractivity contribution in [2.24, 2.45) is 0 Å². The average Bonchev–Trinajstić information content (AvgIpc) is 3.53. The number of aromatic nitrogens is 7. The molecule has 1 aromatic carbocycles. The van der Waals surface area contributed by atoms with Crippen molar-refractivity contribution in [1.29, 1.82) is 0 Å². The van der Waals surface area contributed by atoms with E-state index in [-0.39, 0.29) is 0 Å². The van der Waals surface area contributed by atoms with Gasteiger partial charge in [0, 0.05) is 31.2 Å². The van der Waals surface area contributed by atoms with Gasteiger partial charge in [0.05, 0.1) is 35.3 Å². The van der Waals surface area contributed by atoms with Crippen LogP contribution in [-0.2, 0) is 4.74 Å². The Morgan fingerprint density at radius 1 is 1.10 bits per heavy atom. The summed E-state index contributed by atoms with van der Waals surface area (Å²) in [5, 5.41) is 11.6. The molecule has 1 fully saturated rings. The SMILES string of the molecule is c1nc(Nc2c[nH]nc2-c2nc3cc(N4CCOCC4)ccc3[nH]2)c2cc[nH]c2n1. The molecule has 10 heteroatoms. The molecule has 0 saturated carbocycles. The minimum absolute atomic E-state index is 0.687. The van der Waals surface area contributed by atoms with Crippen molar-refractivity contribution in [1.82, 2.24) is 35.1 Å². The number of aromatic amines is 3. The Balaban J connectivity index is 1.34. The number of anilines is 3. The van der Waals surface area contributed by atoms with Crippen molar-refractivity contribution >= 4 is 39.3 Å². The van der Waals surface area contributed by atoms with Gasteiger partial charge in [0.1, 0.15) is 17.8 Å². The van der Waals surface area contributed by atoms with E-state index in [9.17, 15) is 0 Å². The fraction of sp³-hybridized carbons (Fsp3) is 0.200. The van der Waals surface area contributed by atoms with Gasteiger partial charge in [-0.3, -0.25) is 5.10 Å². The Labute approximate surface area is 170 Å². The fourth-order valence-corrected chi connectivity index (χ4v) is 3.79. The summed E-state index contributed by atoms with van der Waals surface area (Å²) in [5.41, 5.74) is 5.27. The molecule has 0 unspecified atom stereocenters. The minimum atomic E-state index is 0.687. The lowest BCUT2D eigenvalue weighted by Gasteiger charge is -2.28. The molecule has 0 aliphatic carbocycles. The zero-order valence-electron chi connectivity index (χ0n) is 16.0. The van der Waals surface area contributed by atoms with Crippen LogP contribution in [0.25, 0.3) is 33.6 Å². The van der Waals surface area contributed by atoms with Crippen LogP contribution in [0.4, 0.5) is 17.2 Å². The number of benzene rings is 1. The van der Waals surface area contributed by atoms with Crippen LogP contribution in [0.5, 0.6) is 0 Å². The van der Waals surface area contributed by atoms with E-state index < -0.39 is 0 Å². The van der Waals surface area contributed by atoms with Gasteiger partial charge < -0.3 is 24.9 Å². The second-order valence-corrected chi connectivity index (χ2v) is 7.12. The molecule has 1 saturated heterocycles. The highest BCUT2D eigenvalue weighted by molar-refractivity contribution is 5.91. The smallest absolute Gasteiger partial charge is 0.161 e. The van der Waals surface area contributed by atoms with E-state index in [0.29, 0.717) is 17.3 Å². The molecule has 1 aliphatic heterocycles. The summed E-state index contributed by atoms with van der Waals surface area (Å²) in [7, 11) is 0. The molecule has 0 amide bonds. The van der Waals surface area contributed by atoms with E-state index in [1.54, 1.807) is 6.20 Å². The highest BCUT2D eigenvalue weighted by atomic mass is 16.5. The highest BCUT2D eigenvalue weighted by Gasteiger charge is 2.17. The van der Waals surface area contributed by atoms with Crippen molar-refractivity contribution < 1.29 is 4.74 Å². The number of imidazole rings is 1. The number of hydrogen-bond acceptors (Lipinski definition) is 7. The van der Waals surface area contributed by atoms with Crippen LogP contribution in [-0.4, -0.2) is 61.4 Å². The number of fused-ring (bicyclic) bond motifs is 2. The monoisotopic (exact) mass is 401 g/mol.